The molecule has 1 unspecified atom stereocenters. The van der Waals surface area contributed by atoms with Crippen molar-refractivity contribution in [1.82, 2.24) is 4.72 Å². The quantitative estimate of drug-likeness (QED) is 0.778. The van der Waals surface area contributed by atoms with E-state index in [1.165, 1.54) is 0 Å². The fraction of sp³-hybridized carbons (Fsp3) is 0.182. The van der Waals surface area contributed by atoms with Crippen LogP contribution >= 0.6 is 0 Å². The summed E-state index contributed by atoms with van der Waals surface area (Å²) in [5.74, 6) is -0.583. The first-order valence-corrected chi connectivity index (χ1v) is 7.18. The highest BCUT2D eigenvalue weighted by molar-refractivity contribution is 7.89. The van der Waals surface area contributed by atoms with Gasteiger partial charge in [0.05, 0.1) is 12.5 Å². The first-order chi connectivity index (χ1) is 8.44. The molecule has 96 valence electrons. The zero-order valence-corrected chi connectivity index (χ0v) is 10.6. The highest BCUT2D eigenvalue weighted by Gasteiger charge is 2.13. The monoisotopic (exact) mass is 267 g/mol. The second-order valence-electron chi connectivity index (χ2n) is 3.97. The Morgan fingerprint density at radius 2 is 2.11 bits per heavy atom. The maximum atomic E-state index is 11.4. The van der Waals surface area contributed by atoms with Gasteiger partial charge in [-0.15, -0.1) is 0 Å². The lowest BCUT2D eigenvalue weighted by Gasteiger charge is -2.32. The third-order valence-electron chi connectivity index (χ3n) is 2.30. The highest BCUT2D eigenvalue weighted by atomic mass is 32.2. The van der Waals surface area contributed by atoms with Crippen molar-refractivity contribution in [2.75, 3.05) is 12.8 Å². The maximum absolute atomic E-state index is 11.4. The number of rotatable bonds is 3. The Kier molecular flexibility index (Phi) is 3.35. The van der Waals surface area contributed by atoms with E-state index in [2.05, 4.69) is 5.43 Å². The van der Waals surface area contributed by atoms with Gasteiger partial charge in [-0.25, -0.2) is 13.1 Å². The lowest BCUT2D eigenvalue weighted by atomic mass is 10.1. The first kappa shape index (κ1) is 12.6. The molecule has 0 aliphatic carbocycles. The second kappa shape index (κ2) is 4.79. The number of nitrogens with zero attached hydrogens (tertiary/aromatic N) is 1. The summed E-state index contributed by atoms with van der Waals surface area (Å²) in [6.07, 6.45) is 4.51. The van der Waals surface area contributed by atoms with E-state index < -0.39 is 15.9 Å². The first-order valence-electron chi connectivity index (χ1n) is 5.29. The molecule has 0 saturated heterocycles. The van der Waals surface area contributed by atoms with Crippen LogP contribution in [0.25, 0.3) is 11.5 Å². The number of sulfonamides is 1. The number of nitrogens with one attached hydrogen (secondary N) is 2. The number of hydrogen-bond donors (Lipinski definition) is 2. The average Bonchev–Trinajstić information content (AvgIpc) is 2.26. The standard InChI is InChI=1S/C11H13N3O3S/c1-18(16,17)13-11(15)8-14-7-6-9-4-2-3-5-10(9)12-14/h2-7,14H,8H2,1H3,(H,13,15). The van der Waals surface area contributed by atoms with Crippen LogP contribution in [-0.2, 0) is 14.8 Å². The van der Waals surface area contributed by atoms with Crippen molar-refractivity contribution in [1.29, 1.82) is 0 Å². The molecule has 0 saturated carbocycles. The number of benzene rings is 1. The molecule has 0 spiro atoms. The SMILES string of the molecule is CS(=O)(=O)NC(=O)C[NH+]1C=Cc2ccccc2[N-]1. The minimum atomic E-state index is -3.51. The van der Waals surface area contributed by atoms with E-state index in [0.29, 0.717) is 5.01 Å². The van der Waals surface area contributed by atoms with Crippen LogP contribution in [-0.4, -0.2) is 27.1 Å². The van der Waals surface area contributed by atoms with E-state index >= 15 is 0 Å². The van der Waals surface area contributed by atoms with Gasteiger partial charge >= 0.3 is 0 Å². The van der Waals surface area contributed by atoms with Crippen LogP contribution in [0.15, 0.2) is 30.5 Å². The molecule has 1 aromatic carbocycles. The summed E-state index contributed by atoms with van der Waals surface area (Å²) in [7, 11) is -3.51. The molecule has 1 aliphatic heterocycles. The van der Waals surface area contributed by atoms with Gasteiger partial charge in [0, 0.05) is 0 Å². The minimum Gasteiger partial charge on any atom is -0.483 e. The zero-order chi connectivity index (χ0) is 13.2. The average molecular weight is 267 g/mol. The van der Waals surface area contributed by atoms with Crippen molar-refractivity contribution in [3.05, 3.63) is 41.5 Å². The van der Waals surface area contributed by atoms with Crippen molar-refractivity contribution < 1.29 is 18.2 Å². The van der Waals surface area contributed by atoms with Gasteiger partial charge in [0.1, 0.15) is 0 Å². The molecule has 7 heteroatoms. The minimum absolute atomic E-state index is 0.0576. The largest absolute Gasteiger partial charge is 0.483 e. The Bertz CT molecular complexity index is 595. The summed E-state index contributed by atoms with van der Waals surface area (Å²) in [5, 5.41) is 0.537. The third-order valence-corrected chi connectivity index (χ3v) is 2.90. The van der Waals surface area contributed by atoms with E-state index in [1.807, 2.05) is 35.1 Å². The number of quaternary nitrogens is 1. The Morgan fingerprint density at radius 3 is 2.83 bits per heavy atom. The molecule has 0 fully saturated rings. The van der Waals surface area contributed by atoms with Gasteiger partial charge in [-0.05, 0) is 11.6 Å². The number of hydrogen-bond acceptors (Lipinski definition) is 3. The van der Waals surface area contributed by atoms with Gasteiger partial charge in [0.15, 0.2) is 6.54 Å². The van der Waals surface area contributed by atoms with Gasteiger partial charge in [-0.3, -0.25) is 4.79 Å². The topological polar surface area (TPSA) is 81.8 Å². The van der Waals surface area contributed by atoms with Crippen molar-refractivity contribution >= 4 is 27.7 Å². The summed E-state index contributed by atoms with van der Waals surface area (Å²) in [5.41, 5.74) is 6.05. The number of carbonyl (C=O) groups is 1. The van der Waals surface area contributed by atoms with Crippen LogP contribution in [0.1, 0.15) is 5.56 Å². The number of para-hydroxylation sites is 1. The van der Waals surface area contributed by atoms with Crippen LogP contribution in [0.3, 0.4) is 0 Å². The fourth-order valence-electron chi connectivity index (χ4n) is 1.61. The second-order valence-corrected chi connectivity index (χ2v) is 5.72. The molecular formula is C11H13N3O3S. The maximum Gasteiger partial charge on any atom is 0.288 e. The molecule has 2 rings (SSSR count). The summed E-state index contributed by atoms with van der Waals surface area (Å²) >= 11 is 0. The van der Waals surface area contributed by atoms with E-state index in [9.17, 15) is 13.2 Å². The summed E-state index contributed by atoms with van der Waals surface area (Å²) in [6, 6.07) is 7.52. The summed E-state index contributed by atoms with van der Waals surface area (Å²) in [4.78, 5) is 11.4. The molecule has 1 atom stereocenters. The van der Waals surface area contributed by atoms with Crippen molar-refractivity contribution in [3.8, 4) is 0 Å². The lowest BCUT2D eigenvalue weighted by molar-refractivity contribution is -0.792. The normalized spacial score (nSPS) is 17.7. The Hall–Kier alpha value is -1.86. The molecule has 0 radical (unpaired) electrons. The van der Waals surface area contributed by atoms with Gasteiger partial charge in [-0.1, -0.05) is 30.0 Å². The molecular weight excluding hydrogens is 254 g/mol. The van der Waals surface area contributed by atoms with E-state index in [-0.39, 0.29) is 6.54 Å². The van der Waals surface area contributed by atoms with E-state index in [0.717, 1.165) is 17.5 Å². The molecule has 1 aliphatic rings. The number of fused-ring (bicyclic) bond motifs is 1. The number of carbonyl (C=O) groups excluding carboxylic acids is 1. The summed E-state index contributed by atoms with van der Waals surface area (Å²) in [6.45, 7) is -0.0576. The molecule has 1 amide bonds. The molecule has 2 N–H and O–H groups in total. The molecule has 0 bridgehead atoms. The van der Waals surface area contributed by atoms with Crippen molar-refractivity contribution in [2.45, 2.75) is 0 Å². The molecule has 1 aromatic rings. The van der Waals surface area contributed by atoms with Crippen LogP contribution in [0.4, 0.5) is 5.69 Å². The predicted molar refractivity (Wildman–Crippen MR) is 67.3 cm³/mol. The van der Waals surface area contributed by atoms with Gasteiger partial charge in [0.25, 0.3) is 5.91 Å². The van der Waals surface area contributed by atoms with Crippen LogP contribution in [0.5, 0.6) is 0 Å². The summed E-state index contributed by atoms with van der Waals surface area (Å²) < 4.78 is 23.7. The molecule has 6 nitrogen and oxygen atoms in total. The van der Waals surface area contributed by atoms with Crippen LogP contribution in [0, 0.1) is 0 Å². The van der Waals surface area contributed by atoms with Gasteiger partial charge < -0.3 is 10.4 Å². The Morgan fingerprint density at radius 1 is 1.39 bits per heavy atom. The third kappa shape index (κ3) is 3.31. The molecule has 0 aromatic heterocycles. The smallest absolute Gasteiger partial charge is 0.288 e. The van der Waals surface area contributed by atoms with Crippen LogP contribution < -0.4 is 9.73 Å². The number of amides is 1. The zero-order valence-electron chi connectivity index (χ0n) is 9.75. The molecule has 1 heterocycles. The van der Waals surface area contributed by atoms with Crippen molar-refractivity contribution in [2.24, 2.45) is 0 Å². The van der Waals surface area contributed by atoms with E-state index in [1.54, 1.807) is 6.20 Å². The predicted octanol–water partition coefficient (Wildman–Crippen LogP) is -0.448. The van der Waals surface area contributed by atoms with Crippen molar-refractivity contribution in [3.63, 3.8) is 0 Å². The van der Waals surface area contributed by atoms with E-state index in [4.69, 9.17) is 0 Å². The Labute approximate surface area is 105 Å². The van der Waals surface area contributed by atoms with Gasteiger partial charge in [-0.2, -0.15) is 0 Å². The Balaban J connectivity index is 2.01. The van der Waals surface area contributed by atoms with Gasteiger partial charge in [0.2, 0.25) is 10.0 Å². The highest BCUT2D eigenvalue weighted by Crippen LogP contribution is 2.23. The molecule has 18 heavy (non-hydrogen) atoms. The van der Waals surface area contributed by atoms with Crippen LogP contribution in [0.2, 0.25) is 0 Å². The lowest BCUT2D eigenvalue weighted by Crippen LogP contribution is -3.04. The fourth-order valence-corrected chi connectivity index (χ4v) is 2.10.